The maximum Gasteiger partial charge on any atom is 0.225 e. The molecule has 0 saturated carbocycles. The molecule has 1 unspecified atom stereocenters. The molecule has 1 aliphatic heterocycles. The summed E-state index contributed by atoms with van der Waals surface area (Å²) in [6.45, 7) is 6.60. The zero-order valence-corrected chi connectivity index (χ0v) is 16.7. The average molecular weight is 387 g/mol. The van der Waals surface area contributed by atoms with Crippen molar-refractivity contribution < 1.29 is 9.59 Å². The Kier molecular flexibility index (Phi) is 6.45. The van der Waals surface area contributed by atoms with Crippen LogP contribution in [0.15, 0.2) is 35.7 Å². The van der Waals surface area contributed by atoms with Gasteiger partial charge in [-0.15, -0.1) is 11.3 Å². The molecule has 1 aromatic heterocycles. The molecule has 3 rings (SSSR count). The van der Waals surface area contributed by atoms with Gasteiger partial charge in [-0.3, -0.25) is 9.59 Å². The minimum Gasteiger partial charge on any atom is -0.349 e. The highest BCUT2D eigenvalue weighted by molar-refractivity contribution is 7.13. The fourth-order valence-corrected chi connectivity index (χ4v) is 4.19. The molecule has 1 aliphatic rings. The van der Waals surface area contributed by atoms with Gasteiger partial charge in [-0.2, -0.15) is 0 Å². The zero-order chi connectivity index (χ0) is 19.2. The van der Waals surface area contributed by atoms with E-state index >= 15 is 0 Å². The van der Waals surface area contributed by atoms with Crippen molar-refractivity contribution >= 4 is 28.3 Å². The molecule has 1 fully saturated rings. The molecule has 27 heavy (non-hydrogen) atoms. The highest BCUT2D eigenvalue weighted by Crippen LogP contribution is 2.23. The molecule has 1 atom stereocenters. The van der Waals surface area contributed by atoms with E-state index in [0.717, 1.165) is 42.4 Å². The van der Waals surface area contributed by atoms with Crippen LogP contribution in [0.2, 0.25) is 0 Å². The van der Waals surface area contributed by atoms with Crippen molar-refractivity contribution in [2.45, 2.75) is 32.7 Å². The molecule has 144 valence electrons. The Labute approximate surface area is 164 Å². The van der Waals surface area contributed by atoms with E-state index in [1.807, 2.05) is 42.2 Å². The zero-order valence-electron chi connectivity index (χ0n) is 15.9. The second kappa shape index (κ2) is 8.99. The van der Waals surface area contributed by atoms with E-state index in [-0.39, 0.29) is 24.3 Å². The van der Waals surface area contributed by atoms with Crippen molar-refractivity contribution in [1.82, 2.24) is 15.2 Å². The number of benzene rings is 1. The van der Waals surface area contributed by atoms with Crippen molar-refractivity contribution in [2.24, 2.45) is 0 Å². The summed E-state index contributed by atoms with van der Waals surface area (Å²) in [7, 11) is 0. The Balaban J connectivity index is 1.63. The van der Waals surface area contributed by atoms with Gasteiger partial charge >= 0.3 is 0 Å². The molecule has 2 heterocycles. The Bertz CT molecular complexity index is 777. The van der Waals surface area contributed by atoms with Crippen LogP contribution in [0.4, 0.5) is 5.13 Å². The van der Waals surface area contributed by atoms with Crippen LogP contribution in [-0.2, 0) is 9.59 Å². The number of nitrogens with zero attached hydrogens (tertiary/aromatic N) is 3. The number of thiazole rings is 1. The van der Waals surface area contributed by atoms with Crippen molar-refractivity contribution in [3.05, 3.63) is 47.0 Å². The van der Waals surface area contributed by atoms with Crippen LogP contribution in [0.25, 0.3) is 0 Å². The van der Waals surface area contributed by atoms with E-state index in [2.05, 4.69) is 20.6 Å². The van der Waals surface area contributed by atoms with Crippen molar-refractivity contribution in [3.63, 3.8) is 0 Å². The van der Waals surface area contributed by atoms with Gasteiger partial charge in [0.1, 0.15) is 0 Å². The summed E-state index contributed by atoms with van der Waals surface area (Å²) in [5, 5.41) is 6.00. The number of rotatable bonds is 5. The maximum absolute atomic E-state index is 12.9. The minimum atomic E-state index is -0.294. The summed E-state index contributed by atoms with van der Waals surface area (Å²) in [6, 6.07) is 9.38. The maximum atomic E-state index is 12.9. The van der Waals surface area contributed by atoms with Gasteiger partial charge in [-0.05, 0) is 18.9 Å². The first kappa shape index (κ1) is 19.4. The lowest BCUT2D eigenvalue weighted by molar-refractivity contribution is -0.131. The molecule has 0 radical (unpaired) electrons. The van der Waals surface area contributed by atoms with Crippen molar-refractivity contribution in [2.75, 3.05) is 31.1 Å². The highest BCUT2D eigenvalue weighted by Gasteiger charge is 2.24. The van der Waals surface area contributed by atoms with Crippen molar-refractivity contribution in [3.8, 4) is 0 Å². The standard InChI is InChI=1S/C20H26N4O2S/c1-15-14-27-20(21-15)24-10-6-9-23(11-12-24)19(26)13-18(22-16(2)25)17-7-4-3-5-8-17/h3-5,7-8,14,18H,6,9-13H2,1-2H3,(H,22,25). The molecule has 1 saturated heterocycles. The first-order chi connectivity index (χ1) is 13.0. The number of amides is 2. The molecule has 2 aromatic rings. The predicted molar refractivity (Wildman–Crippen MR) is 108 cm³/mol. The average Bonchev–Trinajstić information content (AvgIpc) is 2.93. The van der Waals surface area contributed by atoms with Crippen LogP contribution in [0.3, 0.4) is 0 Å². The third-order valence-electron chi connectivity index (χ3n) is 4.68. The van der Waals surface area contributed by atoms with Crippen LogP contribution in [0, 0.1) is 6.92 Å². The Morgan fingerprint density at radius 2 is 1.96 bits per heavy atom. The van der Waals surface area contributed by atoms with E-state index in [1.165, 1.54) is 6.92 Å². The summed E-state index contributed by atoms with van der Waals surface area (Å²) in [5.41, 5.74) is 1.99. The number of hydrogen-bond acceptors (Lipinski definition) is 5. The summed E-state index contributed by atoms with van der Waals surface area (Å²) in [6.07, 6.45) is 1.19. The third kappa shape index (κ3) is 5.29. The molecule has 1 aromatic carbocycles. The number of aromatic nitrogens is 1. The molecule has 0 aliphatic carbocycles. The Morgan fingerprint density at radius 3 is 2.63 bits per heavy atom. The van der Waals surface area contributed by atoms with E-state index in [9.17, 15) is 9.59 Å². The number of hydrogen-bond donors (Lipinski definition) is 1. The summed E-state index contributed by atoms with van der Waals surface area (Å²) in [5.74, 6) is -0.0485. The van der Waals surface area contributed by atoms with Crippen LogP contribution in [0.5, 0.6) is 0 Å². The van der Waals surface area contributed by atoms with Gasteiger partial charge in [0, 0.05) is 38.5 Å². The lowest BCUT2D eigenvalue weighted by Crippen LogP contribution is -2.38. The normalized spacial score (nSPS) is 15.9. The molecule has 7 heteroatoms. The molecule has 6 nitrogen and oxygen atoms in total. The van der Waals surface area contributed by atoms with Gasteiger partial charge in [-0.25, -0.2) is 4.98 Å². The Hall–Kier alpha value is -2.41. The SMILES string of the molecule is CC(=O)NC(CC(=O)N1CCCN(c2nc(C)cs2)CC1)c1ccccc1. The molecule has 2 amide bonds. The molecule has 0 bridgehead atoms. The fraction of sp³-hybridized carbons (Fsp3) is 0.450. The van der Waals surface area contributed by atoms with Crippen LogP contribution < -0.4 is 10.2 Å². The van der Waals surface area contributed by atoms with Gasteiger partial charge in [0.25, 0.3) is 0 Å². The topological polar surface area (TPSA) is 65.5 Å². The number of anilines is 1. The van der Waals surface area contributed by atoms with E-state index in [1.54, 1.807) is 11.3 Å². The first-order valence-corrected chi connectivity index (χ1v) is 10.2. The van der Waals surface area contributed by atoms with Gasteiger partial charge < -0.3 is 15.1 Å². The second-order valence-electron chi connectivity index (χ2n) is 6.86. The second-order valence-corrected chi connectivity index (χ2v) is 7.70. The van der Waals surface area contributed by atoms with E-state index in [4.69, 9.17) is 0 Å². The largest absolute Gasteiger partial charge is 0.349 e. The van der Waals surface area contributed by atoms with Crippen LogP contribution in [0.1, 0.15) is 37.1 Å². The minimum absolute atomic E-state index is 0.0785. The van der Waals surface area contributed by atoms with E-state index < -0.39 is 0 Å². The van der Waals surface area contributed by atoms with E-state index in [0.29, 0.717) is 6.54 Å². The van der Waals surface area contributed by atoms with Gasteiger partial charge in [0.05, 0.1) is 18.2 Å². The van der Waals surface area contributed by atoms with Crippen molar-refractivity contribution in [1.29, 1.82) is 0 Å². The fourth-order valence-electron chi connectivity index (χ4n) is 3.33. The van der Waals surface area contributed by atoms with Gasteiger partial charge in [0.2, 0.25) is 11.8 Å². The van der Waals surface area contributed by atoms with Crippen LogP contribution >= 0.6 is 11.3 Å². The smallest absolute Gasteiger partial charge is 0.225 e. The highest BCUT2D eigenvalue weighted by atomic mass is 32.1. The predicted octanol–water partition coefficient (Wildman–Crippen LogP) is 2.76. The lowest BCUT2D eigenvalue weighted by Gasteiger charge is -2.25. The van der Waals surface area contributed by atoms with Gasteiger partial charge in [0.15, 0.2) is 5.13 Å². The van der Waals surface area contributed by atoms with Gasteiger partial charge in [-0.1, -0.05) is 30.3 Å². The van der Waals surface area contributed by atoms with Crippen LogP contribution in [-0.4, -0.2) is 47.9 Å². The molecular weight excluding hydrogens is 360 g/mol. The number of carbonyl (C=O) groups is 2. The molecular formula is C20H26N4O2S. The lowest BCUT2D eigenvalue weighted by atomic mass is 10.0. The first-order valence-electron chi connectivity index (χ1n) is 9.30. The monoisotopic (exact) mass is 386 g/mol. The summed E-state index contributed by atoms with van der Waals surface area (Å²) in [4.78, 5) is 33.2. The Morgan fingerprint density at radius 1 is 1.19 bits per heavy atom. The number of nitrogens with one attached hydrogen (secondary N) is 1. The molecule has 1 N–H and O–H groups in total. The summed E-state index contributed by atoms with van der Waals surface area (Å²) >= 11 is 1.65. The third-order valence-corrected chi connectivity index (χ3v) is 5.70. The number of carbonyl (C=O) groups excluding carboxylic acids is 2. The molecule has 0 spiro atoms. The number of aryl methyl sites for hydroxylation is 1. The quantitative estimate of drug-likeness (QED) is 0.858. The summed E-state index contributed by atoms with van der Waals surface area (Å²) < 4.78 is 0.